The van der Waals surface area contributed by atoms with Gasteiger partial charge < -0.3 is 5.73 Å². The van der Waals surface area contributed by atoms with Crippen molar-refractivity contribution in [2.45, 2.75) is 27.2 Å². The molecule has 0 unspecified atom stereocenters. The standard InChI is InChI=1S/C13H17N3/c1-4-11-7-5-6-8-12(11)16-10(3)13(14)9(2)15-16/h5-8H,4,14H2,1-3H3. The van der Waals surface area contributed by atoms with Gasteiger partial charge >= 0.3 is 0 Å². The van der Waals surface area contributed by atoms with Crippen LogP contribution in [0.1, 0.15) is 23.9 Å². The molecule has 0 atom stereocenters. The first-order valence-corrected chi connectivity index (χ1v) is 5.55. The summed E-state index contributed by atoms with van der Waals surface area (Å²) in [7, 11) is 0. The van der Waals surface area contributed by atoms with Crippen molar-refractivity contribution in [2.75, 3.05) is 5.73 Å². The van der Waals surface area contributed by atoms with Gasteiger partial charge in [-0.05, 0) is 31.9 Å². The summed E-state index contributed by atoms with van der Waals surface area (Å²) in [5.74, 6) is 0. The number of para-hydroxylation sites is 1. The van der Waals surface area contributed by atoms with Crippen LogP contribution in [0.25, 0.3) is 5.69 Å². The number of benzene rings is 1. The predicted octanol–water partition coefficient (Wildman–Crippen LogP) is 2.63. The quantitative estimate of drug-likeness (QED) is 0.837. The summed E-state index contributed by atoms with van der Waals surface area (Å²) in [5, 5.41) is 4.48. The first-order valence-electron chi connectivity index (χ1n) is 5.55. The fourth-order valence-corrected chi connectivity index (χ4v) is 1.91. The lowest BCUT2D eigenvalue weighted by Gasteiger charge is -2.09. The Labute approximate surface area is 95.9 Å². The number of aromatic nitrogens is 2. The number of anilines is 1. The first-order chi connectivity index (χ1) is 7.65. The lowest BCUT2D eigenvalue weighted by molar-refractivity contribution is 0.820. The summed E-state index contributed by atoms with van der Waals surface area (Å²) in [4.78, 5) is 0. The molecule has 16 heavy (non-hydrogen) atoms. The van der Waals surface area contributed by atoms with E-state index in [1.54, 1.807) is 0 Å². The van der Waals surface area contributed by atoms with Crippen molar-refractivity contribution in [1.82, 2.24) is 9.78 Å². The highest BCUT2D eigenvalue weighted by Gasteiger charge is 2.11. The third kappa shape index (κ3) is 1.58. The minimum Gasteiger partial charge on any atom is -0.396 e. The topological polar surface area (TPSA) is 43.8 Å². The number of aryl methyl sites for hydroxylation is 2. The highest BCUT2D eigenvalue weighted by Crippen LogP contribution is 2.22. The molecule has 2 N–H and O–H groups in total. The molecule has 1 aromatic carbocycles. The number of nitrogens with zero attached hydrogens (tertiary/aromatic N) is 2. The van der Waals surface area contributed by atoms with Crippen LogP contribution in [0, 0.1) is 13.8 Å². The number of hydrogen-bond donors (Lipinski definition) is 1. The predicted molar refractivity (Wildman–Crippen MR) is 66.8 cm³/mol. The lowest BCUT2D eigenvalue weighted by atomic mass is 10.1. The number of rotatable bonds is 2. The molecule has 0 spiro atoms. The van der Waals surface area contributed by atoms with Gasteiger partial charge in [0.25, 0.3) is 0 Å². The highest BCUT2D eigenvalue weighted by molar-refractivity contribution is 5.52. The van der Waals surface area contributed by atoms with E-state index in [9.17, 15) is 0 Å². The molecule has 0 saturated carbocycles. The molecular weight excluding hydrogens is 198 g/mol. The van der Waals surface area contributed by atoms with Crippen LogP contribution >= 0.6 is 0 Å². The van der Waals surface area contributed by atoms with Crippen molar-refractivity contribution < 1.29 is 0 Å². The van der Waals surface area contributed by atoms with E-state index in [-0.39, 0.29) is 0 Å². The van der Waals surface area contributed by atoms with Crippen LogP contribution in [0.5, 0.6) is 0 Å². The molecule has 0 aliphatic carbocycles. The van der Waals surface area contributed by atoms with Gasteiger partial charge in [0, 0.05) is 0 Å². The van der Waals surface area contributed by atoms with Crippen LogP contribution in [-0.2, 0) is 6.42 Å². The maximum Gasteiger partial charge on any atom is 0.0830 e. The maximum absolute atomic E-state index is 5.95. The second-order valence-corrected chi connectivity index (χ2v) is 3.98. The molecule has 0 saturated heterocycles. The molecule has 2 aromatic rings. The fraction of sp³-hybridized carbons (Fsp3) is 0.308. The summed E-state index contributed by atoms with van der Waals surface area (Å²) in [6.07, 6.45) is 0.994. The first kappa shape index (κ1) is 10.7. The van der Waals surface area contributed by atoms with Gasteiger partial charge in [0.15, 0.2) is 0 Å². The second-order valence-electron chi connectivity index (χ2n) is 3.98. The Morgan fingerprint density at radius 1 is 1.25 bits per heavy atom. The van der Waals surface area contributed by atoms with E-state index in [1.165, 1.54) is 5.56 Å². The SMILES string of the molecule is CCc1ccccc1-n1nc(C)c(N)c1C. The lowest BCUT2D eigenvalue weighted by Crippen LogP contribution is -2.03. The van der Waals surface area contributed by atoms with Crippen LogP contribution in [0.3, 0.4) is 0 Å². The fourth-order valence-electron chi connectivity index (χ4n) is 1.91. The van der Waals surface area contributed by atoms with E-state index in [4.69, 9.17) is 5.73 Å². The average Bonchev–Trinajstić information content (AvgIpc) is 2.57. The molecule has 0 aliphatic heterocycles. The van der Waals surface area contributed by atoms with Crippen molar-refractivity contribution in [3.8, 4) is 5.69 Å². The Kier molecular flexibility index (Phi) is 2.69. The zero-order chi connectivity index (χ0) is 11.7. The maximum atomic E-state index is 5.95. The monoisotopic (exact) mass is 215 g/mol. The summed E-state index contributed by atoms with van der Waals surface area (Å²) in [6.45, 7) is 6.09. The smallest absolute Gasteiger partial charge is 0.0830 e. The minimum atomic E-state index is 0.783. The van der Waals surface area contributed by atoms with Crippen molar-refractivity contribution in [1.29, 1.82) is 0 Å². The van der Waals surface area contributed by atoms with Gasteiger partial charge in [-0.2, -0.15) is 5.10 Å². The van der Waals surface area contributed by atoms with E-state index in [0.29, 0.717) is 0 Å². The third-order valence-corrected chi connectivity index (χ3v) is 2.95. The molecule has 3 heteroatoms. The number of nitrogen functional groups attached to an aromatic ring is 1. The van der Waals surface area contributed by atoms with Crippen molar-refractivity contribution in [2.24, 2.45) is 0 Å². The zero-order valence-electron chi connectivity index (χ0n) is 9.99. The molecule has 0 bridgehead atoms. The summed E-state index contributed by atoms with van der Waals surface area (Å²) in [6, 6.07) is 8.29. The van der Waals surface area contributed by atoms with E-state index in [0.717, 1.165) is 29.2 Å². The Balaban J connectivity index is 2.63. The van der Waals surface area contributed by atoms with Crippen LogP contribution in [-0.4, -0.2) is 9.78 Å². The van der Waals surface area contributed by atoms with Gasteiger partial charge in [0.2, 0.25) is 0 Å². The van der Waals surface area contributed by atoms with E-state index in [2.05, 4.69) is 30.2 Å². The molecule has 84 valence electrons. The van der Waals surface area contributed by atoms with Crippen molar-refractivity contribution in [3.05, 3.63) is 41.2 Å². The van der Waals surface area contributed by atoms with Crippen LogP contribution in [0.15, 0.2) is 24.3 Å². The van der Waals surface area contributed by atoms with E-state index in [1.807, 2.05) is 24.6 Å². The molecule has 1 aromatic heterocycles. The second kappa shape index (κ2) is 4.00. The summed E-state index contributed by atoms with van der Waals surface area (Å²) < 4.78 is 1.93. The van der Waals surface area contributed by atoms with Gasteiger partial charge in [-0.25, -0.2) is 4.68 Å². The molecule has 0 aliphatic rings. The largest absolute Gasteiger partial charge is 0.396 e. The molecule has 3 nitrogen and oxygen atoms in total. The molecular formula is C13H17N3. The summed E-state index contributed by atoms with van der Waals surface area (Å²) >= 11 is 0. The Bertz CT molecular complexity index is 512. The molecule has 1 heterocycles. The zero-order valence-corrected chi connectivity index (χ0v) is 9.99. The van der Waals surface area contributed by atoms with Crippen molar-refractivity contribution >= 4 is 5.69 Å². The van der Waals surface area contributed by atoms with Gasteiger partial charge in [-0.1, -0.05) is 25.1 Å². The van der Waals surface area contributed by atoms with Gasteiger partial charge in [-0.15, -0.1) is 0 Å². The molecule has 0 amide bonds. The molecule has 0 fully saturated rings. The minimum absolute atomic E-state index is 0.783. The number of hydrogen-bond acceptors (Lipinski definition) is 2. The van der Waals surface area contributed by atoms with E-state index < -0.39 is 0 Å². The van der Waals surface area contributed by atoms with Crippen LogP contribution in [0.4, 0.5) is 5.69 Å². The molecule has 0 radical (unpaired) electrons. The average molecular weight is 215 g/mol. The van der Waals surface area contributed by atoms with Crippen molar-refractivity contribution in [3.63, 3.8) is 0 Å². The normalized spacial score (nSPS) is 10.7. The third-order valence-electron chi connectivity index (χ3n) is 2.95. The van der Waals surface area contributed by atoms with E-state index >= 15 is 0 Å². The summed E-state index contributed by atoms with van der Waals surface area (Å²) in [5.41, 5.74) is 11.0. The number of nitrogens with two attached hydrogens (primary N) is 1. The highest BCUT2D eigenvalue weighted by atomic mass is 15.3. The Hall–Kier alpha value is -1.77. The molecule has 2 rings (SSSR count). The van der Waals surface area contributed by atoms with Crippen LogP contribution in [0.2, 0.25) is 0 Å². The van der Waals surface area contributed by atoms with Crippen LogP contribution < -0.4 is 5.73 Å². The van der Waals surface area contributed by atoms with Gasteiger partial charge in [0.1, 0.15) is 0 Å². The Morgan fingerprint density at radius 2 is 1.94 bits per heavy atom. The van der Waals surface area contributed by atoms with Gasteiger partial charge in [0.05, 0.1) is 22.8 Å². The van der Waals surface area contributed by atoms with Gasteiger partial charge in [-0.3, -0.25) is 0 Å². The Morgan fingerprint density at radius 3 is 2.50 bits per heavy atom.